The van der Waals surface area contributed by atoms with Gasteiger partial charge in [-0.2, -0.15) is 0 Å². The van der Waals surface area contributed by atoms with Gasteiger partial charge in [-0.1, -0.05) is 12.1 Å². The lowest BCUT2D eigenvalue weighted by Crippen LogP contribution is -2.34. The van der Waals surface area contributed by atoms with Gasteiger partial charge < -0.3 is 20.1 Å². The lowest BCUT2D eigenvalue weighted by Gasteiger charge is -2.16. The molecular weight excluding hydrogens is 312 g/mol. The van der Waals surface area contributed by atoms with Gasteiger partial charge in [-0.05, 0) is 31.4 Å². The summed E-state index contributed by atoms with van der Waals surface area (Å²) in [6.45, 7) is -0.151. The average Bonchev–Trinajstić information content (AvgIpc) is 3.01. The number of nitrogens with zero attached hydrogens (tertiary/aromatic N) is 1. The molecule has 0 saturated heterocycles. The van der Waals surface area contributed by atoms with Crippen LogP contribution in [0.15, 0.2) is 24.3 Å². The zero-order chi connectivity index (χ0) is 17.7. The first kappa shape index (κ1) is 17.8. The van der Waals surface area contributed by atoms with Crippen LogP contribution in [0.25, 0.3) is 0 Å². The number of carbonyl (C=O) groups is 3. The summed E-state index contributed by atoms with van der Waals surface area (Å²) >= 11 is 0. The van der Waals surface area contributed by atoms with Crippen molar-refractivity contribution in [2.45, 2.75) is 25.3 Å². The zero-order valence-electron chi connectivity index (χ0n) is 13.8. The second kappa shape index (κ2) is 7.81. The number of hydrogen-bond acceptors (Lipinski definition) is 4. The Balaban J connectivity index is 1.99. The van der Waals surface area contributed by atoms with Crippen molar-refractivity contribution < 1.29 is 24.2 Å². The number of carboxylic acid groups (broad SMARTS) is 1. The molecule has 0 radical (unpaired) electrons. The number of rotatable bonds is 6. The van der Waals surface area contributed by atoms with Gasteiger partial charge in [0.25, 0.3) is 11.8 Å². The van der Waals surface area contributed by atoms with Crippen molar-refractivity contribution in [1.29, 1.82) is 0 Å². The number of hydrogen-bond donors (Lipinski definition) is 2. The number of carbonyl (C=O) groups excluding carboxylic acids is 2. The third-order valence-corrected chi connectivity index (χ3v) is 4.10. The summed E-state index contributed by atoms with van der Waals surface area (Å²) in [6, 6.07) is 6.53. The molecule has 0 bridgehead atoms. The number of amides is 2. The summed E-state index contributed by atoms with van der Waals surface area (Å²) in [5.74, 6) is -1.42. The Kier molecular flexibility index (Phi) is 5.78. The van der Waals surface area contributed by atoms with Crippen LogP contribution < -0.4 is 10.1 Å². The fourth-order valence-electron chi connectivity index (χ4n) is 2.65. The Bertz CT molecular complexity index is 629. The first-order valence-corrected chi connectivity index (χ1v) is 7.84. The van der Waals surface area contributed by atoms with E-state index in [9.17, 15) is 14.4 Å². The maximum absolute atomic E-state index is 12.4. The molecular formula is C17H22N2O5. The third-order valence-electron chi connectivity index (χ3n) is 4.10. The lowest BCUT2D eigenvalue weighted by atomic mass is 10.1. The van der Waals surface area contributed by atoms with Crippen molar-refractivity contribution >= 4 is 17.8 Å². The maximum Gasteiger partial charge on any atom is 0.306 e. The van der Waals surface area contributed by atoms with E-state index in [0.29, 0.717) is 30.6 Å². The summed E-state index contributed by atoms with van der Waals surface area (Å²) in [5, 5.41) is 11.9. The molecule has 2 N–H and O–H groups in total. The van der Waals surface area contributed by atoms with E-state index in [4.69, 9.17) is 9.84 Å². The number of aliphatic carboxylic acids is 1. The first-order chi connectivity index (χ1) is 11.4. The minimum Gasteiger partial charge on any atom is -0.483 e. The van der Waals surface area contributed by atoms with Crippen LogP contribution in [0.3, 0.4) is 0 Å². The van der Waals surface area contributed by atoms with Gasteiger partial charge in [-0.25, -0.2) is 0 Å². The van der Waals surface area contributed by atoms with Crippen molar-refractivity contribution in [3.63, 3.8) is 0 Å². The number of ether oxygens (including phenoxy) is 1. The Hall–Kier alpha value is -2.57. The van der Waals surface area contributed by atoms with Crippen LogP contribution in [-0.4, -0.2) is 54.5 Å². The molecule has 1 aliphatic carbocycles. The Morgan fingerprint density at radius 2 is 1.96 bits per heavy atom. The zero-order valence-corrected chi connectivity index (χ0v) is 13.8. The number of likely N-dealkylation sites (N-methyl/N-ethyl adjacent to an activating group) is 1. The molecule has 7 heteroatoms. The second-order valence-corrected chi connectivity index (χ2v) is 6.09. The van der Waals surface area contributed by atoms with Crippen LogP contribution in [0.1, 0.15) is 29.6 Å². The summed E-state index contributed by atoms with van der Waals surface area (Å²) in [5.41, 5.74) is 0.336. The highest BCUT2D eigenvalue weighted by Gasteiger charge is 2.31. The van der Waals surface area contributed by atoms with E-state index in [1.165, 1.54) is 4.90 Å². The molecule has 2 rings (SSSR count). The van der Waals surface area contributed by atoms with Gasteiger partial charge in [0, 0.05) is 20.1 Å². The third kappa shape index (κ3) is 4.47. The molecule has 130 valence electrons. The Morgan fingerprint density at radius 1 is 1.25 bits per heavy atom. The van der Waals surface area contributed by atoms with Crippen molar-refractivity contribution in [3.8, 4) is 5.75 Å². The normalized spacial score (nSPS) is 19.6. The Labute approximate surface area is 140 Å². The molecule has 24 heavy (non-hydrogen) atoms. The van der Waals surface area contributed by atoms with E-state index in [2.05, 4.69) is 5.32 Å². The molecule has 1 fully saturated rings. The molecule has 1 aromatic rings. The average molecular weight is 334 g/mol. The smallest absolute Gasteiger partial charge is 0.306 e. The van der Waals surface area contributed by atoms with Crippen molar-refractivity contribution in [2.75, 3.05) is 20.7 Å². The minimum absolute atomic E-state index is 0.151. The highest BCUT2D eigenvalue weighted by Crippen LogP contribution is 2.26. The number of para-hydroxylation sites is 1. The quantitative estimate of drug-likeness (QED) is 0.813. The van der Waals surface area contributed by atoms with Crippen molar-refractivity contribution in [1.82, 2.24) is 10.2 Å². The summed E-state index contributed by atoms with van der Waals surface area (Å²) in [6.07, 6.45) is 1.64. The largest absolute Gasteiger partial charge is 0.483 e. The van der Waals surface area contributed by atoms with Crippen LogP contribution in [0.5, 0.6) is 5.75 Å². The minimum atomic E-state index is -0.822. The number of carboxylic acids is 1. The molecule has 0 aliphatic heterocycles. The molecule has 0 spiro atoms. The summed E-state index contributed by atoms with van der Waals surface area (Å²) < 4.78 is 5.46. The maximum atomic E-state index is 12.4. The molecule has 2 amide bonds. The van der Waals surface area contributed by atoms with Crippen molar-refractivity contribution in [2.24, 2.45) is 5.92 Å². The van der Waals surface area contributed by atoms with E-state index >= 15 is 0 Å². The molecule has 0 aromatic heterocycles. The van der Waals surface area contributed by atoms with Gasteiger partial charge in [-0.15, -0.1) is 0 Å². The number of benzene rings is 1. The lowest BCUT2D eigenvalue weighted by molar-refractivity contribution is -0.141. The van der Waals surface area contributed by atoms with Crippen LogP contribution in [-0.2, 0) is 9.59 Å². The molecule has 0 heterocycles. The molecule has 1 aliphatic rings. The molecule has 1 aromatic carbocycles. The van der Waals surface area contributed by atoms with E-state index in [-0.39, 0.29) is 24.5 Å². The van der Waals surface area contributed by atoms with Gasteiger partial charge >= 0.3 is 5.97 Å². The van der Waals surface area contributed by atoms with E-state index in [1.807, 2.05) is 0 Å². The van der Waals surface area contributed by atoms with Crippen LogP contribution >= 0.6 is 0 Å². The SMILES string of the molecule is CN(C)C(=O)COc1ccccc1C(=O)N[C@H]1CC[C@@H](C(=O)O)C1. The van der Waals surface area contributed by atoms with E-state index in [1.54, 1.807) is 38.4 Å². The van der Waals surface area contributed by atoms with Gasteiger partial charge in [0.1, 0.15) is 5.75 Å². The predicted molar refractivity (Wildman–Crippen MR) is 86.9 cm³/mol. The predicted octanol–water partition coefficient (Wildman–Crippen LogP) is 1.14. The first-order valence-electron chi connectivity index (χ1n) is 7.84. The van der Waals surface area contributed by atoms with Gasteiger partial charge in [0.15, 0.2) is 6.61 Å². The highest BCUT2D eigenvalue weighted by molar-refractivity contribution is 5.97. The van der Waals surface area contributed by atoms with E-state index in [0.717, 1.165) is 0 Å². The van der Waals surface area contributed by atoms with Gasteiger partial charge in [-0.3, -0.25) is 14.4 Å². The van der Waals surface area contributed by atoms with Crippen LogP contribution in [0.2, 0.25) is 0 Å². The second-order valence-electron chi connectivity index (χ2n) is 6.09. The standard InChI is InChI=1S/C17H22N2O5/c1-19(2)15(20)10-24-14-6-4-3-5-13(14)16(21)18-12-8-7-11(9-12)17(22)23/h3-6,11-12H,7-10H2,1-2H3,(H,18,21)(H,22,23)/t11-,12+/m1/s1. The van der Waals surface area contributed by atoms with Gasteiger partial charge in [0.05, 0.1) is 11.5 Å². The Morgan fingerprint density at radius 3 is 2.58 bits per heavy atom. The van der Waals surface area contributed by atoms with Crippen LogP contribution in [0.4, 0.5) is 0 Å². The molecule has 0 unspecified atom stereocenters. The van der Waals surface area contributed by atoms with Crippen molar-refractivity contribution in [3.05, 3.63) is 29.8 Å². The fraction of sp³-hybridized carbons (Fsp3) is 0.471. The summed E-state index contributed by atoms with van der Waals surface area (Å²) in [7, 11) is 3.26. The fourth-order valence-corrected chi connectivity index (χ4v) is 2.65. The summed E-state index contributed by atoms with van der Waals surface area (Å²) in [4.78, 5) is 36.5. The molecule has 1 saturated carbocycles. The monoisotopic (exact) mass is 334 g/mol. The van der Waals surface area contributed by atoms with E-state index < -0.39 is 11.9 Å². The highest BCUT2D eigenvalue weighted by atomic mass is 16.5. The molecule has 7 nitrogen and oxygen atoms in total. The topological polar surface area (TPSA) is 95.9 Å². The van der Waals surface area contributed by atoms with Gasteiger partial charge in [0.2, 0.25) is 0 Å². The number of nitrogens with one attached hydrogen (secondary N) is 1. The molecule has 2 atom stereocenters. The van der Waals surface area contributed by atoms with Crippen LogP contribution in [0, 0.1) is 5.92 Å².